The van der Waals surface area contributed by atoms with Gasteiger partial charge in [-0.05, 0) is 38.2 Å². The van der Waals surface area contributed by atoms with Gasteiger partial charge in [-0.15, -0.1) is 0 Å². The Hall–Kier alpha value is -3.30. The standard InChI is InChI=1S/C21H33N7O7S/c1-15(19(30)24-17(13-29)9-5-11-23-21(22)25-28(32)33)27-12-6-10-18(20(27)31)26-36(34,35)14-16-7-3-2-4-8-16/h2-4,7-8,15,17-18,26,29H,5-6,9-14H2,1H3,(H,24,30)(H3,22,23,25)/t15-,17-,18-/m0/s1. The molecule has 15 heteroatoms. The number of aliphatic hydroxyl groups is 1. The normalized spacial score (nSPS) is 18.4. The lowest BCUT2D eigenvalue weighted by atomic mass is 10.0. The van der Waals surface area contributed by atoms with E-state index in [-0.39, 0.29) is 24.9 Å². The quantitative estimate of drug-likeness (QED) is 0.0687. The van der Waals surface area contributed by atoms with E-state index in [9.17, 15) is 33.2 Å². The van der Waals surface area contributed by atoms with Gasteiger partial charge in [-0.1, -0.05) is 30.3 Å². The molecule has 1 aliphatic heterocycles. The lowest BCUT2D eigenvalue weighted by Gasteiger charge is -2.36. The van der Waals surface area contributed by atoms with Gasteiger partial charge in [0.05, 0.1) is 18.4 Å². The Morgan fingerprint density at radius 1 is 1.36 bits per heavy atom. The molecule has 0 radical (unpaired) electrons. The molecule has 0 aliphatic carbocycles. The number of nitro groups is 1. The zero-order valence-corrected chi connectivity index (χ0v) is 20.8. The van der Waals surface area contributed by atoms with Gasteiger partial charge in [0.1, 0.15) is 17.2 Å². The maximum absolute atomic E-state index is 13.0. The van der Waals surface area contributed by atoms with Crippen LogP contribution in [0, 0.1) is 10.1 Å². The number of nitrogens with two attached hydrogens (primary N) is 1. The van der Waals surface area contributed by atoms with E-state index in [1.54, 1.807) is 37.3 Å². The third-order valence-corrected chi connectivity index (χ3v) is 6.99. The molecule has 0 bridgehead atoms. The van der Waals surface area contributed by atoms with Crippen molar-refractivity contribution >= 4 is 27.8 Å². The predicted molar refractivity (Wildman–Crippen MR) is 131 cm³/mol. The third kappa shape index (κ3) is 9.39. The van der Waals surface area contributed by atoms with Gasteiger partial charge in [-0.3, -0.25) is 9.59 Å². The minimum Gasteiger partial charge on any atom is -0.394 e. The lowest BCUT2D eigenvalue weighted by Crippen LogP contribution is -2.58. The van der Waals surface area contributed by atoms with Crippen molar-refractivity contribution in [3.63, 3.8) is 0 Å². The number of aliphatic hydroxyl groups excluding tert-OH is 1. The van der Waals surface area contributed by atoms with Crippen molar-refractivity contribution in [1.29, 1.82) is 0 Å². The second-order valence-corrected chi connectivity index (χ2v) is 10.2. The molecule has 1 aromatic carbocycles. The average Bonchev–Trinajstić information content (AvgIpc) is 2.81. The average molecular weight is 528 g/mol. The summed E-state index contributed by atoms with van der Waals surface area (Å²) in [6.07, 6.45) is 1.60. The molecule has 0 saturated carbocycles. The van der Waals surface area contributed by atoms with Crippen LogP contribution in [0.4, 0.5) is 0 Å². The Balaban J connectivity index is 1.88. The summed E-state index contributed by atoms with van der Waals surface area (Å²) in [5, 5.41) is 27.1. The summed E-state index contributed by atoms with van der Waals surface area (Å²) >= 11 is 0. The van der Waals surface area contributed by atoms with Crippen LogP contribution >= 0.6 is 0 Å². The fourth-order valence-corrected chi connectivity index (χ4v) is 5.17. The number of likely N-dealkylation sites (tertiary alicyclic amines) is 1. The number of piperidine rings is 1. The highest BCUT2D eigenvalue weighted by Gasteiger charge is 2.36. The number of carbonyl (C=O) groups excluding carboxylic acids is 2. The van der Waals surface area contributed by atoms with E-state index in [4.69, 9.17) is 5.73 Å². The third-order valence-electron chi connectivity index (χ3n) is 5.63. The molecule has 1 aliphatic rings. The second kappa shape index (κ2) is 13.7. The van der Waals surface area contributed by atoms with Gasteiger partial charge >= 0.3 is 0 Å². The van der Waals surface area contributed by atoms with Crippen molar-refractivity contribution in [1.82, 2.24) is 20.3 Å². The van der Waals surface area contributed by atoms with E-state index in [2.05, 4.69) is 20.5 Å². The van der Waals surface area contributed by atoms with Crippen LogP contribution in [0.25, 0.3) is 0 Å². The number of sulfonamides is 1. The van der Waals surface area contributed by atoms with Gasteiger partial charge in [-0.2, -0.15) is 0 Å². The molecule has 1 fully saturated rings. The maximum Gasteiger partial charge on any atom is 0.266 e. The molecule has 36 heavy (non-hydrogen) atoms. The predicted octanol–water partition coefficient (Wildman–Crippen LogP) is -1.16. The van der Waals surface area contributed by atoms with Crippen LogP contribution in [0.5, 0.6) is 0 Å². The Bertz CT molecular complexity index is 1040. The molecule has 0 spiro atoms. The Kier molecular flexibility index (Phi) is 11.0. The van der Waals surface area contributed by atoms with Crippen LogP contribution in [0.3, 0.4) is 0 Å². The van der Waals surface area contributed by atoms with Crippen molar-refractivity contribution in [2.45, 2.75) is 56.5 Å². The lowest BCUT2D eigenvalue weighted by molar-refractivity contribution is -0.485. The highest BCUT2D eigenvalue weighted by Crippen LogP contribution is 2.17. The van der Waals surface area contributed by atoms with Crippen molar-refractivity contribution in [3.05, 3.63) is 46.0 Å². The molecule has 6 N–H and O–H groups in total. The van der Waals surface area contributed by atoms with Gasteiger partial charge in [0.15, 0.2) is 5.03 Å². The summed E-state index contributed by atoms with van der Waals surface area (Å²) in [4.78, 5) is 37.4. The van der Waals surface area contributed by atoms with E-state index in [0.29, 0.717) is 37.8 Å². The highest BCUT2D eigenvalue weighted by atomic mass is 32.2. The molecule has 14 nitrogen and oxygen atoms in total. The smallest absolute Gasteiger partial charge is 0.266 e. The van der Waals surface area contributed by atoms with Crippen LogP contribution in [0.15, 0.2) is 35.4 Å². The van der Waals surface area contributed by atoms with E-state index in [1.807, 2.05) is 0 Å². The Morgan fingerprint density at radius 3 is 2.69 bits per heavy atom. The maximum atomic E-state index is 13.0. The molecule has 1 heterocycles. The topological polar surface area (TPSA) is 209 Å². The molecule has 1 aromatic rings. The SMILES string of the molecule is C[C@@H](C(=O)N[C@H](CO)CCCN/C(N)=N/[N+](=O)[O-])N1CCC[C@H](NS(=O)(=O)Cc2ccccc2)C1=O. The summed E-state index contributed by atoms with van der Waals surface area (Å²) in [6.45, 7) is 1.72. The number of nitrogens with zero attached hydrogens (tertiary/aromatic N) is 3. The number of guanidine groups is 1. The van der Waals surface area contributed by atoms with Gasteiger partial charge in [0.2, 0.25) is 21.8 Å². The van der Waals surface area contributed by atoms with Crippen LogP contribution in [0.2, 0.25) is 0 Å². The molecule has 2 rings (SSSR count). The monoisotopic (exact) mass is 527 g/mol. The van der Waals surface area contributed by atoms with Crippen molar-refractivity contribution in [2.24, 2.45) is 10.8 Å². The number of carbonyl (C=O) groups is 2. The van der Waals surface area contributed by atoms with Gasteiger partial charge in [0, 0.05) is 13.1 Å². The summed E-state index contributed by atoms with van der Waals surface area (Å²) in [6, 6.07) is 6.15. The molecule has 3 atom stereocenters. The minimum absolute atomic E-state index is 0.237. The zero-order chi connectivity index (χ0) is 26.7. The molecule has 0 unspecified atom stereocenters. The van der Waals surface area contributed by atoms with E-state index in [1.165, 1.54) is 4.90 Å². The molecule has 2 amide bonds. The summed E-state index contributed by atoms with van der Waals surface area (Å²) in [7, 11) is -3.78. The molecule has 1 saturated heterocycles. The zero-order valence-electron chi connectivity index (χ0n) is 20.0. The highest BCUT2D eigenvalue weighted by molar-refractivity contribution is 7.88. The van der Waals surface area contributed by atoms with E-state index < -0.39 is 45.0 Å². The summed E-state index contributed by atoms with van der Waals surface area (Å²) in [5.41, 5.74) is 5.92. The first-order valence-corrected chi connectivity index (χ1v) is 13.2. The van der Waals surface area contributed by atoms with Crippen LogP contribution in [0.1, 0.15) is 38.2 Å². The van der Waals surface area contributed by atoms with Gasteiger partial charge < -0.3 is 26.4 Å². The van der Waals surface area contributed by atoms with E-state index in [0.717, 1.165) is 0 Å². The van der Waals surface area contributed by atoms with Crippen molar-refractivity contribution in [3.8, 4) is 0 Å². The number of amides is 2. The van der Waals surface area contributed by atoms with Gasteiger partial charge in [-0.25, -0.2) is 23.3 Å². The van der Waals surface area contributed by atoms with Crippen LogP contribution in [-0.2, 0) is 25.4 Å². The number of rotatable bonds is 13. The summed E-state index contributed by atoms with van der Waals surface area (Å²) < 4.78 is 27.6. The Labute approximate surface area is 209 Å². The first-order chi connectivity index (χ1) is 17.0. The molecular formula is C21H33N7O7S. The van der Waals surface area contributed by atoms with Crippen molar-refractivity contribution < 1.29 is 28.1 Å². The van der Waals surface area contributed by atoms with E-state index >= 15 is 0 Å². The van der Waals surface area contributed by atoms with Crippen molar-refractivity contribution in [2.75, 3.05) is 19.7 Å². The molecule has 200 valence electrons. The fourth-order valence-electron chi connectivity index (χ4n) is 3.81. The largest absolute Gasteiger partial charge is 0.394 e. The first-order valence-electron chi connectivity index (χ1n) is 11.5. The minimum atomic E-state index is -3.78. The van der Waals surface area contributed by atoms with Gasteiger partial charge in [0.25, 0.3) is 5.96 Å². The Morgan fingerprint density at radius 2 is 2.06 bits per heavy atom. The number of hydrogen-bond acceptors (Lipinski definition) is 7. The second-order valence-electron chi connectivity index (χ2n) is 8.45. The summed E-state index contributed by atoms with van der Waals surface area (Å²) in [5.74, 6) is -1.58. The fraction of sp³-hybridized carbons (Fsp3) is 0.571. The van der Waals surface area contributed by atoms with Crippen LogP contribution < -0.4 is 21.1 Å². The number of benzene rings is 1. The molecule has 0 aromatic heterocycles. The number of hydrogen-bond donors (Lipinski definition) is 5. The number of nitrogens with one attached hydrogen (secondary N) is 3. The number of hydrazone groups is 1. The van der Waals surface area contributed by atoms with Crippen LogP contribution in [-0.4, -0.2) is 79.1 Å². The first kappa shape index (κ1) is 28.9. The molecular weight excluding hydrogens is 494 g/mol.